The maximum absolute atomic E-state index is 10.6. The van der Waals surface area contributed by atoms with Gasteiger partial charge in [0, 0.05) is 25.2 Å². The number of rotatable bonds is 4. The number of carbonyl (C=O) groups excluding carboxylic acids is 1. The third-order valence-electron chi connectivity index (χ3n) is 4.30. The van der Waals surface area contributed by atoms with Gasteiger partial charge in [-0.1, -0.05) is 24.3 Å². The average molecular weight is 322 g/mol. The van der Waals surface area contributed by atoms with Crippen molar-refractivity contribution in [3.63, 3.8) is 0 Å². The minimum Gasteiger partial charge on any atom is -0.378 e. The van der Waals surface area contributed by atoms with Crippen molar-refractivity contribution in [3.8, 4) is 11.3 Å². The van der Waals surface area contributed by atoms with Crippen LogP contribution in [0, 0.1) is 0 Å². The smallest absolute Gasteiger partial charge is 0.143 e. The number of H-pyrrole nitrogens is 1. The molecule has 1 fully saturated rings. The van der Waals surface area contributed by atoms with Crippen LogP contribution in [0.5, 0.6) is 0 Å². The van der Waals surface area contributed by atoms with Gasteiger partial charge in [0.15, 0.2) is 0 Å². The van der Waals surface area contributed by atoms with Crippen LogP contribution in [0.1, 0.15) is 5.56 Å². The van der Waals surface area contributed by atoms with Gasteiger partial charge in [-0.15, -0.1) is 0 Å². The van der Waals surface area contributed by atoms with Gasteiger partial charge in [-0.3, -0.25) is 0 Å². The second-order valence-electron chi connectivity index (χ2n) is 5.81. The third-order valence-corrected chi connectivity index (χ3v) is 4.30. The molecule has 0 spiro atoms. The number of nitrogens with one attached hydrogen (secondary N) is 1. The van der Waals surface area contributed by atoms with Gasteiger partial charge >= 0.3 is 0 Å². The van der Waals surface area contributed by atoms with Crippen molar-refractivity contribution in [3.05, 3.63) is 42.2 Å². The molecule has 1 aliphatic heterocycles. The highest BCUT2D eigenvalue weighted by Crippen LogP contribution is 2.29. The number of anilines is 1. The molecule has 1 N–H and O–H groups in total. The average Bonchev–Trinajstić information content (AvgIpc) is 3.07. The zero-order valence-electron chi connectivity index (χ0n) is 13.2. The summed E-state index contributed by atoms with van der Waals surface area (Å²) in [5.41, 5.74) is 3.91. The Bertz CT molecular complexity index is 851. The highest BCUT2D eigenvalue weighted by atomic mass is 16.5. The molecule has 0 bridgehead atoms. The maximum Gasteiger partial charge on any atom is 0.143 e. The second-order valence-corrected chi connectivity index (χ2v) is 5.81. The summed E-state index contributed by atoms with van der Waals surface area (Å²) in [4.78, 5) is 25.0. The van der Waals surface area contributed by atoms with Crippen LogP contribution in [-0.2, 0) is 16.0 Å². The van der Waals surface area contributed by atoms with Crippen molar-refractivity contribution in [1.29, 1.82) is 0 Å². The van der Waals surface area contributed by atoms with E-state index in [1.807, 2.05) is 24.3 Å². The molecule has 0 aliphatic carbocycles. The predicted octanol–water partition coefficient (Wildman–Crippen LogP) is 2.20. The van der Waals surface area contributed by atoms with Gasteiger partial charge in [0.2, 0.25) is 0 Å². The zero-order valence-corrected chi connectivity index (χ0v) is 13.2. The number of morpholine rings is 1. The van der Waals surface area contributed by atoms with Gasteiger partial charge in [-0.25, -0.2) is 9.97 Å². The van der Waals surface area contributed by atoms with Crippen molar-refractivity contribution in [2.45, 2.75) is 6.42 Å². The Balaban J connectivity index is 1.71. The molecule has 0 radical (unpaired) electrons. The molecule has 3 aromatic rings. The Morgan fingerprint density at radius 3 is 2.71 bits per heavy atom. The van der Waals surface area contributed by atoms with Crippen LogP contribution in [0.15, 0.2) is 36.7 Å². The van der Waals surface area contributed by atoms with Crippen molar-refractivity contribution < 1.29 is 9.53 Å². The molecular weight excluding hydrogens is 304 g/mol. The van der Waals surface area contributed by atoms with Crippen LogP contribution >= 0.6 is 0 Å². The Morgan fingerprint density at radius 2 is 1.96 bits per heavy atom. The first-order chi connectivity index (χ1) is 11.8. The molecular formula is C18H18N4O2. The Labute approximate surface area is 139 Å². The van der Waals surface area contributed by atoms with E-state index in [1.165, 1.54) is 0 Å². The van der Waals surface area contributed by atoms with Crippen LogP contribution in [-0.4, -0.2) is 47.5 Å². The molecule has 0 unspecified atom stereocenters. The van der Waals surface area contributed by atoms with Gasteiger partial charge in [-0.05, 0) is 17.2 Å². The monoisotopic (exact) mass is 322 g/mol. The van der Waals surface area contributed by atoms with E-state index in [-0.39, 0.29) is 0 Å². The minimum atomic E-state index is 0.444. The SMILES string of the molecule is O=CCc1ccc(-c2cc3c(N4CCOCC4)ncnc3[nH]2)cc1. The van der Waals surface area contributed by atoms with Crippen molar-refractivity contribution >= 4 is 23.1 Å². The lowest BCUT2D eigenvalue weighted by atomic mass is 10.1. The van der Waals surface area contributed by atoms with Crippen LogP contribution in [0.25, 0.3) is 22.3 Å². The molecule has 1 saturated heterocycles. The van der Waals surface area contributed by atoms with Gasteiger partial charge in [-0.2, -0.15) is 0 Å². The number of aromatic amines is 1. The summed E-state index contributed by atoms with van der Waals surface area (Å²) in [5.74, 6) is 0.948. The normalized spacial score (nSPS) is 14.9. The number of hydrogen-bond donors (Lipinski definition) is 1. The molecule has 24 heavy (non-hydrogen) atoms. The van der Waals surface area contributed by atoms with Crippen molar-refractivity contribution in [2.75, 3.05) is 31.2 Å². The molecule has 1 aliphatic rings. The summed E-state index contributed by atoms with van der Waals surface area (Å²) in [6, 6.07) is 10.1. The fourth-order valence-corrected chi connectivity index (χ4v) is 3.03. The standard InChI is InChI=1S/C18H18N4O2/c23-8-5-13-1-3-14(4-2-13)16-11-15-17(21-16)19-12-20-18(15)22-6-9-24-10-7-22/h1-4,8,11-12H,5-7,9-10H2,(H,19,20,21). The number of aromatic nitrogens is 3. The predicted molar refractivity (Wildman–Crippen MR) is 92.1 cm³/mol. The highest BCUT2D eigenvalue weighted by molar-refractivity contribution is 5.92. The lowest BCUT2D eigenvalue weighted by Crippen LogP contribution is -2.36. The quantitative estimate of drug-likeness (QED) is 0.746. The van der Waals surface area contributed by atoms with Crippen LogP contribution < -0.4 is 4.90 Å². The van der Waals surface area contributed by atoms with E-state index >= 15 is 0 Å². The Kier molecular flexibility index (Phi) is 3.96. The lowest BCUT2D eigenvalue weighted by Gasteiger charge is -2.27. The summed E-state index contributed by atoms with van der Waals surface area (Å²) in [6.07, 6.45) is 2.96. The molecule has 2 aromatic heterocycles. The van der Waals surface area contributed by atoms with Crippen LogP contribution in [0.2, 0.25) is 0 Å². The van der Waals surface area contributed by atoms with E-state index in [0.717, 1.165) is 66.3 Å². The van der Waals surface area contributed by atoms with E-state index in [1.54, 1.807) is 6.33 Å². The lowest BCUT2D eigenvalue weighted by molar-refractivity contribution is -0.107. The van der Waals surface area contributed by atoms with E-state index in [2.05, 4.69) is 25.9 Å². The molecule has 0 atom stereocenters. The fraction of sp³-hybridized carbons (Fsp3) is 0.278. The number of fused-ring (bicyclic) bond motifs is 1. The number of ether oxygens (including phenoxy) is 1. The molecule has 6 nitrogen and oxygen atoms in total. The molecule has 1 aromatic carbocycles. The zero-order chi connectivity index (χ0) is 16.4. The maximum atomic E-state index is 10.6. The molecule has 6 heteroatoms. The summed E-state index contributed by atoms with van der Waals surface area (Å²) < 4.78 is 5.42. The molecule has 3 heterocycles. The Morgan fingerprint density at radius 1 is 1.17 bits per heavy atom. The van der Waals surface area contributed by atoms with Crippen LogP contribution in [0.4, 0.5) is 5.82 Å². The van der Waals surface area contributed by atoms with E-state index in [9.17, 15) is 4.79 Å². The number of carbonyl (C=O) groups is 1. The summed E-state index contributed by atoms with van der Waals surface area (Å²) in [7, 11) is 0. The largest absolute Gasteiger partial charge is 0.378 e. The second kappa shape index (κ2) is 6.41. The van der Waals surface area contributed by atoms with E-state index in [0.29, 0.717) is 6.42 Å². The number of nitrogens with zero attached hydrogens (tertiary/aromatic N) is 3. The van der Waals surface area contributed by atoms with Gasteiger partial charge in [0.1, 0.15) is 24.1 Å². The number of hydrogen-bond acceptors (Lipinski definition) is 5. The molecule has 4 rings (SSSR count). The minimum absolute atomic E-state index is 0.444. The molecule has 0 amide bonds. The fourth-order valence-electron chi connectivity index (χ4n) is 3.03. The summed E-state index contributed by atoms with van der Waals surface area (Å²) >= 11 is 0. The Hall–Kier alpha value is -2.73. The summed E-state index contributed by atoms with van der Waals surface area (Å²) in [5, 5.41) is 1.02. The van der Waals surface area contributed by atoms with Crippen molar-refractivity contribution in [1.82, 2.24) is 15.0 Å². The van der Waals surface area contributed by atoms with E-state index < -0.39 is 0 Å². The molecule has 0 saturated carbocycles. The highest BCUT2D eigenvalue weighted by Gasteiger charge is 2.17. The molecule has 122 valence electrons. The number of benzene rings is 1. The first-order valence-electron chi connectivity index (χ1n) is 8.04. The van der Waals surface area contributed by atoms with Crippen molar-refractivity contribution in [2.24, 2.45) is 0 Å². The number of aldehydes is 1. The van der Waals surface area contributed by atoms with Gasteiger partial charge in [0.25, 0.3) is 0 Å². The first-order valence-corrected chi connectivity index (χ1v) is 8.04. The van der Waals surface area contributed by atoms with E-state index in [4.69, 9.17) is 4.74 Å². The van der Waals surface area contributed by atoms with Gasteiger partial charge < -0.3 is 19.4 Å². The summed E-state index contributed by atoms with van der Waals surface area (Å²) in [6.45, 7) is 3.13. The topological polar surface area (TPSA) is 71.1 Å². The first kappa shape index (κ1) is 14.8. The van der Waals surface area contributed by atoms with Crippen LogP contribution in [0.3, 0.4) is 0 Å². The third kappa shape index (κ3) is 2.76. The van der Waals surface area contributed by atoms with Gasteiger partial charge in [0.05, 0.1) is 18.6 Å².